The number of amides is 3. The van der Waals surface area contributed by atoms with Crippen molar-refractivity contribution in [2.24, 2.45) is 0 Å². The number of likely N-dealkylation sites (tertiary alicyclic amines) is 3. The first kappa shape index (κ1) is 103. The molecule has 6 aromatic heterocycles. The highest BCUT2D eigenvalue weighted by molar-refractivity contribution is 7.59. The third-order valence-corrected chi connectivity index (χ3v) is 28.9. The summed E-state index contributed by atoms with van der Waals surface area (Å²) in [5.41, 5.74) is 13.1. The zero-order valence-electron chi connectivity index (χ0n) is 83.0. The second-order valence-corrected chi connectivity index (χ2v) is 38.1. The molecule has 12 heterocycles. The number of piperazine rings is 3. The maximum atomic E-state index is 12.7. The van der Waals surface area contributed by atoms with Gasteiger partial charge < -0.3 is 86.7 Å². The molecule has 12 aromatic rings. The van der Waals surface area contributed by atoms with Gasteiger partial charge in [0, 0.05) is 110 Å². The number of fused-ring (bicyclic) bond motifs is 6. The molecule has 6 aliphatic heterocycles. The van der Waals surface area contributed by atoms with E-state index in [9.17, 15) is 30.2 Å². The number of likely N-dealkylation sites (N-methyl/N-ethyl adjacent to an activating group) is 3. The number of carbonyl (C=O) groups excluding carboxylic acids is 3. The summed E-state index contributed by atoms with van der Waals surface area (Å²) in [6.45, 7) is 25.8. The average molecular weight is 2010 g/mol. The molecule has 144 heavy (non-hydrogen) atoms. The molecule has 6 aromatic carbocycles. The number of anilines is 3. The fourth-order valence-electron chi connectivity index (χ4n) is 20.7. The van der Waals surface area contributed by atoms with E-state index in [4.69, 9.17) is 72.5 Å². The van der Waals surface area contributed by atoms with E-state index in [1.165, 1.54) is 18.2 Å². The second-order valence-electron chi connectivity index (χ2n) is 38.1. The van der Waals surface area contributed by atoms with Gasteiger partial charge in [-0.05, 0) is 210 Å². The average Bonchev–Trinajstić information content (AvgIpc) is 1.35. The van der Waals surface area contributed by atoms with Crippen molar-refractivity contribution in [1.29, 1.82) is 15.8 Å². The molecule has 3 aliphatic carbocycles. The van der Waals surface area contributed by atoms with Crippen LogP contribution >= 0.6 is 40.5 Å². The lowest BCUT2D eigenvalue weighted by molar-refractivity contribution is -0.129. The van der Waals surface area contributed by atoms with Crippen molar-refractivity contribution in [3.05, 3.63) is 128 Å². The number of aromatic amines is 3. The van der Waals surface area contributed by atoms with Gasteiger partial charge in [0.2, 0.25) is 17.7 Å². The Morgan fingerprint density at radius 1 is 0.382 bits per heavy atom. The number of aryl methyl sites for hydroxylation is 3. The monoisotopic (exact) mass is 2010 g/mol. The van der Waals surface area contributed by atoms with Crippen LogP contribution in [0.3, 0.4) is 0 Å². The predicted molar refractivity (Wildman–Crippen MR) is 568 cm³/mol. The molecule has 9 aliphatic rings. The summed E-state index contributed by atoms with van der Waals surface area (Å²) in [4.78, 5) is 86.7. The van der Waals surface area contributed by atoms with E-state index in [0.29, 0.717) is 147 Å². The smallest absolute Gasteiger partial charge is 0.319 e. The van der Waals surface area contributed by atoms with E-state index in [2.05, 4.69) is 158 Å². The van der Waals surface area contributed by atoms with Crippen molar-refractivity contribution in [2.75, 3.05) is 156 Å². The molecule has 39 heteroatoms. The van der Waals surface area contributed by atoms with Gasteiger partial charge in [0.15, 0.2) is 17.2 Å². The van der Waals surface area contributed by atoms with Gasteiger partial charge in [-0.15, -0.1) is 0 Å². The molecule has 6 saturated heterocycles. The van der Waals surface area contributed by atoms with Gasteiger partial charge in [0.25, 0.3) is 0 Å². The number of H-pyrrole nitrogens is 3. The molecule has 3 N–H and O–H groups in total. The molecule has 0 spiro atoms. The van der Waals surface area contributed by atoms with Gasteiger partial charge >= 0.3 is 18.0 Å². The van der Waals surface area contributed by atoms with Gasteiger partial charge in [-0.3, -0.25) is 29.7 Å². The van der Waals surface area contributed by atoms with Gasteiger partial charge in [-0.1, -0.05) is 37.9 Å². The van der Waals surface area contributed by atoms with Crippen LogP contribution in [0.15, 0.2) is 111 Å². The van der Waals surface area contributed by atoms with Crippen LogP contribution in [0.1, 0.15) is 113 Å². The highest BCUT2D eigenvalue weighted by Crippen LogP contribution is 2.55. The van der Waals surface area contributed by atoms with Gasteiger partial charge in [0.05, 0.1) is 163 Å². The molecule has 0 bridgehead atoms. The molecule has 0 radical (unpaired) electrons. The van der Waals surface area contributed by atoms with E-state index in [0.717, 1.165) is 196 Å². The molecule has 6 atom stereocenters. The number of rotatable bonds is 30. The van der Waals surface area contributed by atoms with Crippen molar-refractivity contribution in [3.8, 4) is 104 Å². The Morgan fingerprint density at radius 2 is 0.660 bits per heavy atom. The summed E-state index contributed by atoms with van der Waals surface area (Å²) in [6.07, 6.45) is 22.5. The van der Waals surface area contributed by atoms with Crippen molar-refractivity contribution in [3.63, 3.8) is 0 Å². The fourth-order valence-corrected chi connectivity index (χ4v) is 20.7. The number of carbonyl (C=O) groups is 3. The van der Waals surface area contributed by atoms with E-state index in [1.54, 1.807) is 36.0 Å². The van der Waals surface area contributed by atoms with Crippen molar-refractivity contribution in [2.45, 2.75) is 172 Å². The van der Waals surface area contributed by atoms with Crippen LogP contribution in [-0.4, -0.2) is 303 Å². The van der Waals surface area contributed by atoms with Gasteiger partial charge in [-0.25, -0.2) is 0 Å². The van der Waals surface area contributed by atoms with Crippen LogP contribution < -0.4 is 57.3 Å². The first-order valence-electron chi connectivity index (χ1n) is 48.9. The van der Waals surface area contributed by atoms with E-state index in [1.807, 2.05) is 55.0 Å². The Morgan fingerprint density at radius 3 is 0.896 bits per heavy atom. The largest absolute Gasteiger partial charge is 0.496 e. The first-order valence-corrected chi connectivity index (χ1v) is 48.9. The topological polar surface area (TPSA) is 398 Å². The lowest BCUT2D eigenvalue weighted by Gasteiger charge is -2.41. The molecule has 21 rings (SSSR count). The maximum absolute atomic E-state index is 12.7. The summed E-state index contributed by atoms with van der Waals surface area (Å²) >= 11 is 0. The number of hydrogen-bond acceptors (Lipinski definition) is 30. The number of nitrogens with one attached hydrogen (secondary N) is 3. The number of nitrogens with zero attached hydrogens (tertiary/aromatic N) is 21. The minimum Gasteiger partial charge on any atom is -0.496 e. The minimum absolute atomic E-state index is 0. The van der Waals surface area contributed by atoms with Crippen molar-refractivity contribution in [1.82, 2.24) is 89.9 Å². The molecular formula is C105H126N24O12S3. The number of ether oxygens (including phenoxy) is 9. The quantitative estimate of drug-likeness (QED) is 0.0352. The first-order chi connectivity index (χ1) is 68.7. The van der Waals surface area contributed by atoms with Crippen molar-refractivity contribution < 1.29 is 57.0 Å². The molecule has 3 amide bonds. The zero-order chi connectivity index (χ0) is 98.0. The number of methoxy groups -OCH3 is 3. The van der Waals surface area contributed by atoms with Gasteiger partial charge in [-0.2, -0.15) is 101 Å². The zero-order valence-corrected chi connectivity index (χ0v) is 86.0. The summed E-state index contributed by atoms with van der Waals surface area (Å²) in [7, 11) is 11.3. The van der Waals surface area contributed by atoms with Crippen LogP contribution in [0.4, 0.5) is 17.5 Å². The lowest BCUT2D eigenvalue weighted by atomic mass is 9.94. The Bertz CT molecular complexity index is 6300. The van der Waals surface area contributed by atoms with Crippen LogP contribution in [0.2, 0.25) is 0 Å². The maximum Gasteiger partial charge on any atom is 0.319 e. The molecular weight excluding hydrogens is 1890 g/mol. The molecule has 3 saturated carbocycles. The van der Waals surface area contributed by atoms with Crippen molar-refractivity contribution >= 4 is 141 Å². The van der Waals surface area contributed by atoms with Crippen LogP contribution in [0.25, 0.3) is 98.8 Å². The summed E-state index contributed by atoms with van der Waals surface area (Å²) < 4.78 is 57.9. The minimum atomic E-state index is -0.328. The Labute approximate surface area is 857 Å². The fraction of sp³-hybridized carbons (Fsp3) is 0.457. The van der Waals surface area contributed by atoms with E-state index in [-0.39, 0.29) is 150 Å². The number of benzene rings is 6. The Balaban J connectivity index is 0.000000153. The molecule has 756 valence electrons. The predicted octanol–water partition coefficient (Wildman–Crippen LogP) is 14.2. The van der Waals surface area contributed by atoms with Crippen LogP contribution in [0, 0.1) is 54.8 Å². The summed E-state index contributed by atoms with van der Waals surface area (Å²) in [5.74, 6) is 5.18. The van der Waals surface area contributed by atoms with E-state index < -0.39 is 0 Å². The highest BCUT2D eigenvalue weighted by Gasteiger charge is 2.42. The van der Waals surface area contributed by atoms with E-state index >= 15 is 0 Å². The highest BCUT2D eigenvalue weighted by atomic mass is 32.1. The third-order valence-electron chi connectivity index (χ3n) is 28.9. The number of hydrogen-bond donors (Lipinski definition) is 3. The normalized spacial score (nSPS) is 19.6. The Kier molecular flexibility index (Phi) is 32.4. The Hall–Kier alpha value is -13.6. The van der Waals surface area contributed by atoms with Crippen LogP contribution in [-0.2, 0) is 14.4 Å². The standard InChI is InChI=1S/3C35H40N8O4.3H2S/c3*1-5-29(44)43-16-15-42(19-22(43)12-13-36)34-25-17-28(45-4)31(30-21(2)8-11-27-26(30)18-37-40-27)33(47-24-9-10-24)32(25)38-35(39-34)46-20-23-7-6-14-41(23)3;;;/h3*5,8,11,17-18,22-24H,1,6-7,9-10,12,14-16,19-20H2,2-4H3,(H,37,40);3*1H2/t3*22-,23-;;;/m000.../s1. The van der Waals surface area contributed by atoms with Gasteiger partial charge in [0.1, 0.15) is 71.1 Å². The molecule has 9 fully saturated rings. The molecule has 36 nitrogen and oxygen atoms in total. The number of nitriles is 3. The summed E-state index contributed by atoms with van der Waals surface area (Å²) in [6, 6.07) is 25.6. The second kappa shape index (κ2) is 45.1. The van der Waals surface area contributed by atoms with Crippen LogP contribution in [0.5, 0.6) is 52.5 Å². The number of aromatic nitrogens is 12. The lowest BCUT2D eigenvalue weighted by Crippen LogP contribution is -2.55. The SMILES string of the molecule is C=CC(=O)N1CCN(c2nc(OC[C@@H]3CCCN3C)nc3c(OC4CC4)c(-c4c(C)ccc5[nH]ncc45)c(OC)cc23)C[C@@H]1CC#N.C=CC(=O)N1CCN(c2nc(OC[C@@H]3CCCN3C)nc3c(OC4CC4)c(-c4c(C)ccc5[nH]ncc45)c(OC)cc23)C[C@@H]1CC#N.C=CC(=O)N1CCN(c2nc(OC[C@@H]3CCCN3C)nc3c(OC4CC4)c(-c4c(C)ccc5[nH]ncc45)c(OC)cc23)C[C@@H]1CC#N.S.S.S. The summed E-state index contributed by atoms with van der Waals surface area (Å²) in [5, 5.41) is 56.4. The molecule has 0 unspecified atom stereocenters. The third kappa shape index (κ3) is 21.2.